The van der Waals surface area contributed by atoms with E-state index in [0.717, 1.165) is 17.3 Å². The van der Waals surface area contributed by atoms with Crippen LogP contribution >= 0.6 is 27.5 Å². The van der Waals surface area contributed by atoms with Crippen LogP contribution in [0.4, 0.5) is 0 Å². The van der Waals surface area contributed by atoms with Crippen LogP contribution < -0.4 is 0 Å². The standard InChI is InChI=1S/C12H14BrClO3S/c13-10-1-2-12(11(14)7-10)18(15,16)8-9-3-5-17-6-4-9/h1-2,7,9H,3-6,8H2. The Morgan fingerprint density at radius 1 is 1.33 bits per heavy atom. The largest absolute Gasteiger partial charge is 0.381 e. The molecule has 0 amide bonds. The normalized spacial score (nSPS) is 17.9. The zero-order valence-corrected chi connectivity index (χ0v) is 12.9. The Labute approximate surface area is 121 Å². The number of rotatable bonds is 3. The SMILES string of the molecule is O=S(=O)(CC1CCOCC1)c1ccc(Br)cc1Cl. The van der Waals surface area contributed by atoms with Gasteiger partial charge < -0.3 is 4.74 Å². The summed E-state index contributed by atoms with van der Waals surface area (Å²) in [7, 11) is -3.32. The Kier molecular flexibility index (Phi) is 4.69. The van der Waals surface area contributed by atoms with Crippen molar-refractivity contribution in [2.45, 2.75) is 17.7 Å². The molecule has 0 radical (unpaired) electrons. The van der Waals surface area contributed by atoms with Crippen molar-refractivity contribution in [3.63, 3.8) is 0 Å². The first kappa shape index (κ1) is 14.3. The van der Waals surface area contributed by atoms with Gasteiger partial charge in [0.05, 0.1) is 15.7 Å². The van der Waals surface area contributed by atoms with Crippen molar-refractivity contribution in [2.24, 2.45) is 5.92 Å². The van der Waals surface area contributed by atoms with E-state index in [1.807, 2.05) is 0 Å². The summed E-state index contributed by atoms with van der Waals surface area (Å²) < 4.78 is 30.6. The molecule has 2 rings (SSSR count). The third kappa shape index (κ3) is 3.47. The molecule has 0 saturated carbocycles. The highest BCUT2D eigenvalue weighted by atomic mass is 79.9. The van der Waals surface area contributed by atoms with Crippen molar-refractivity contribution in [3.8, 4) is 0 Å². The first-order chi connectivity index (χ1) is 8.49. The van der Waals surface area contributed by atoms with E-state index in [1.165, 1.54) is 0 Å². The molecular formula is C12H14BrClO3S. The molecule has 3 nitrogen and oxygen atoms in total. The summed E-state index contributed by atoms with van der Waals surface area (Å²) in [4.78, 5) is 0.221. The Morgan fingerprint density at radius 2 is 2.00 bits per heavy atom. The van der Waals surface area contributed by atoms with Crippen LogP contribution in [0.5, 0.6) is 0 Å². The molecular weight excluding hydrogens is 340 g/mol. The second kappa shape index (κ2) is 5.90. The van der Waals surface area contributed by atoms with Gasteiger partial charge in [-0.3, -0.25) is 0 Å². The summed E-state index contributed by atoms with van der Waals surface area (Å²) in [6.07, 6.45) is 1.60. The Bertz CT molecular complexity index is 524. The number of hydrogen-bond acceptors (Lipinski definition) is 3. The maximum absolute atomic E-state index is 12.3. The molecule has 0 aromatic heterocycles. The maximum Gasteiger partial charge on any atom is 0.180 e. The Hall–Kier alpha value is -0.100. The minimum atomic E-state index is -3.32. The smallest absolute Gasteiger partial charge is 0.180 e. The first-order valence-corrected chi connectivity index (χ1v) is 8.57. The van der Waals surface area contributed by atoms with E-state index in [9.17, 15) is 8.42 Å². The molecule has 1 heterocycles. The molecule has 18 heavy (non-hydrogen) atoms. The van der Waals surface area contributed by atoms with Crippen molar-refractivity contribution in [2.75, 3.05) is 19.0 Å². The monoisotopic (exact) mass is 352 g/mol. The highest BCUT2D eigenvalue weighted by Crippen LogP contribution is 2.28. The van der Waals surface area contributed by atoms with Crippen LogP contribution in [0.15, 0.2) is 27.6 Å². The average molecular weight is 354 g/mol. The predicted molar refractivity (Wildman–Crippen MR) is 74.7 cm³/mol. The third-order valence-corrected chi connectivity index (χ3v) is 5.88. The van der Waals surface area contributed by atoms with Gasteiger partial charge in [0.1, 0.15) is 0 Å². The summed E-state index contributed by atoms with van der Waals surface area (Å²) in [6, 6.07) is 4.86. The van der Waals surface area contributed by atoms with E-state index in [0.29, 0.717) is 13.2 Å². The molecule has 1 aromatic rings. The maximum atomic E-state index is 12.3. The lowest BCUT2D eigenvalue weighted by molar-refractivity contribution is 0.0723. The fourth-order valence-electron chi connectivity index (χ4n) is 2.04. The van der Waals surface area contributed by atoms with Crippen LogP contribution in [0.25, 0.3) is 0 Å². The predicted octanol–water partition coefficient (Wildman–Crippen LogP) is 3.30. The van der Waals surface area contributed by atoms with E-state index in [4.69, 9.17) is 16.3 Å². The number of ether oxygens (including phenoxy) is 1. The van der Waals surface area contributed by atoms with Crippen LogP contribution in [-0.2, 0) is 14.6 Å². The second-order valence-corrected chi connectivity index (χ2v) is 7.74. The Balaban J connectivity index is 2.19. The van der Waals surface area contributed by atoms with Crippen LogP contribution in [0.2, 0.25) is 5.02 Å². The Morgan fingerprint density at radius 3 is 2.61 bits per heavy atom. The molecule has 1 aromatic carbocycles. The van der Waals surface area contributed by atoms with Crippen molar-refractivity contribution >= 4 is 37.4 Å². The number of halogens is 2. The number of sulfone groups is 1. The third-order valence-electron chi connectivity index (χ3n) is 3.02. The van der Waals surface area contributed by atoms with E-state index in [2.05, 4.69) is 15.9 Å². The minimum absolute atomic E-state index is 0.151. The van der Waals surface area contributed by atoms with Crippen molar-refractivity contribution in [1.82, 2.24) is 0 Å². The molecule has 1 aliphatic rings. The van der Waals surface area contributed by atoms with Gasteiger partial charge in [0.25, 0.3) is 0 Å². The molecule has 0 atom stereocenters. The van der Waals surface area contributed by atoms with Crippen molar-refractivity contribution in [1.29, 1.82) is 0 Å². The molecule has 1 aliphatic heterocycles. The fraction of sp³-hybridized carbons (Fsp3) is 0.500. The van der Waals surface area contributed by atoms with Gasteiger partial charge in [-0.2, -0.15) is 0 Å². The molecule has 6 heteroatoms. The lowest BCUT2D eigenvalue weighted by Crippen LogP contribution is -2.23. The molecule has 0 spiro atoms. The number of benzene rings is 1. The van der Waals surface area contributed by atoms with Crippen LogP contribution in [-0.4, -0.2) is 27.4 Å². The van der Waals surface area contributed by atoms with Crippen LogP contribution in [0.3, 0.4) is 0 Å². The summed E-state index contributed by atoms with van der Waals surface area (Å²) in [6.45, 7) is 1.29. The van der Waals surface area contributed by atoms with Crippen LogP contribution in [0, 0.1) is 5.92 Å². The van der Waals surface area contributed by atoms with Crippen LogP contribution in [0.1, 0.15) is 12.8 Å². The van der Waals surface area contributed by atoms with E-state index in [1.54, 1.807) is 18.2 Å². The fourth-order valence-corrected chi connectivity index (χ4v) is 4.83. The zero-order valence-electron chi connectivity index (χ0n) is 9.73. The lowest BCUT2D eigenvalue weighted by Gasteiger charge is -2.21. The summed E-state index contributed by atoms with van der Waals surface area (Å²) in [5, 5.41) is 0.274. The second-order valence-electron chi connectivity index (χ2n) is 4.41. The van der Waals surface area contributed by atoms with Gasteiger partial charge in [-0.15, -0.1) is 0 Å². The van der Waals surface area contributed by atoms with Gasteiger partial charge in [-0.05, 0) is 37.0 Å². The van der Waals surface area contributed by atoms with Gasteiger partial charge >= 0.3 is 0 Å². The van der Waals surface area contributed by atoms with E-state index >= 15 is 0 Å². The quantitative estimate of drug-likeness (QED) is 0.837. The summed E-state index contributed by atoms with van der Waals surface area (Å²) in [5.74, 6) is 0.320. The van der Waals surface area contributed by atoms with Gasteiger partial charge in [0.2, 0.25) is 0 Å². The molecule has 1 fully saturated rings. The average Bonchev–Trinajstić information content (AvgIpc) is 2.29. The number of hydrogen-bond donors (Lipinski definition) is 0. The lowest BCUT2D eigenvalue weighted by atomic mass is 10.0. The topological polar surface area (TPSA) is 43.4 Å². The molecule has 1 saturated heterocycles. The minimum Gasteiger partial charge on any atom is -0.381 e. The van der Waals surface area contributed by atoms with E-state index < -0.39 is 9.84 Å². The highest BCUT2D eigenvalue weighted by Gasteiger charge is 2.25. The van der Waals surface area contributed by atoms with Crippen molar-refractivity contribution in [3.05, 3.63) is 27.7 Å². The molecule has 0 N–H and O–H groups in total. The summed E-state index contributed by atoms with van der Waals surface area (Å²) in [5.41, 5.74) is 0. The van der Waals surface area contributed by atoms with Gasteiger partial charge in [-0.25, -0.2) is 8.42 Å². The summed E-state index contributed by atoms with van der Waals surface area (Å²) >= 11 is 9.26. The molecule has 0 unspecified atom stereocenters. The van der Waals surface area contributed by atoms with Gasteiger partial charge in [0.15, 0.2) is 9.84 Å². The molecule has 0 bridgehead atoms. The molecule has 0 aliphatic carbocycles. The van der Waals surface area contributed by atoms with E-state index in [-0.39, 0.29) is 21.6 Å². The highest BCUT2D eigenvalue weighted by molar-refractivity contribution is 9.10. The van der Waals surface area contributed by atoms with Gasteiger partial charge in [0, 0.05) is 17.7 Å². The van der Waals surface area contributed by atoms with Crippen molar-refractivity contribution < 1.29 is 13.2 Å². The molecule has 100 valence electrons. The van der Waals surface area contributed by atoms with Gasteiger partial charge in [-0.1, -0.05) is 27.5 Å². The zero-order chi connectivity index (χ0) is 13.2. The first-order valence-electron chi connectivity index (χ1n) is 5.74.